The maximum Gasteiger partial charge on any atom is 0.233 e. The van der Waals surface area contributed by atoms with Crippen LogP contribution < -0.4 is 5.32 Å². The molecule has 0 aliphatic rings. The number of hydrogen-bond acceptors (Lipinski definition) is 5. The van der Waals surface area contributed by atoms with Crippen LogP contribution >= 0.6 is 22.9 Å². The highest BCUT2D eigenvalue weighted by molar-refractivity contribution is 7.14. The summed E-state index contributed by atoms with van der Waals surface area (Å²) in [4.78, 5) is 27.5. The van der Waals surface area contributed by atoms with Crippen molar-refractivity contribution in [3.05, 3.63) is 34.7 Å². The molecule has 1 aromatic heterocycles. The summed E-state index contributed by atoms with van der Waals surface area (Å²) in [5.41, 5.74) is 1.66. The topological polar surface area (TPSA) is 82.5 Å². The van der Waals surface area contributed by atoms with Gasteiger partial charge in [-0.2, -0.15) is 0 Å². The number of aromatic nitrogens is 1. The average Bonchev–Trinajstić information content (AvgIpc) is 3.07. The van der Waals surface area contributed by atoms with Crippen LogP contribution in [0, 0.1) is 5.92 Å². The lowest BCUT2D eigenvalue weighted by molar-refractivity contribution is -0.153. The summed E-state index contributed by atoms with van der Waals surface area (Å²) < 4.78 is 0. The molecule has 1 aromatic carbocycles. The predicted octanol–water partition coefficient (Wildman–Crippen LogP) is 4.06. The third-order valence-corrected chi connectivity index (χ3v) is 4.69. The zero-order valence-corrected chi connectivity index (χ0v) is 15.4. The first-order valence-electron chi connectivity index (χ1n) is 7.96. The zero-order chi connectivity index (χ0) is 18.2. The molecule has 6 nitrogen and oxygen atoms in total. The quantitative estimate of drug-likeness (QED) is 0.390. The highest BCUT2D eigenvalue weighted by Crippen LogP contribution is 2.26. The van der Waals surface area contributed by atoms with Gasteiger partial charge in [0.2, 0.25) is 12.3 Å². The van der Waals surface area contributed by atoms with Crippen molar-refractivity contribution in [3.63, 3.8) is 0 Å². The summed E-state index contributed by atoms with van der Waals surface area (Å²) in [6, 6.07) is 7.29. The second kappa shape index (κ2) is 9.50. The number of unbranched alkanes of at least 4 members (excludes halogenated alkanes) is 1. The molecule has 0 saturated heterocycles. The van der Waals surface area contributed by atoms with E-state index >= 15 is 0 Å². The summed E-state index contributed by atoms with van der Waals surface area (Å²) in [5.74, 6) is -0.746. The normalized spacial score (nSPS) is 11.8. The van der Waals surface area contributed by atoms with Crippen molar-refractivity contribution in [1.29, 1.82) is 0 Å². The van der Waals surface area contributed by atoms with Gasteiger partial charge in [-0.15, -0.1) is 11.3 Å². The van der Waals surface area contributed by atoms with E-state index in [0.717, 1.165) is 24.1 Å². The van der Waals surface area contributed by atoms with Crippen LogP contribution in [0.15, 0.2) is 29.6 Å². The number of thiazole rings is 1. The number of rotatable bonds is 9. The molecule has 0 fully saturated rings. The van der Waals surface area contributed by atoms with E-state index in [9.17, 15) is 14.8 Å². The molecular weight excluding hydrogens is 362 g/mol. The Kier molecular flexibility index (Phi) is 7.36. The molecule has 2 amide bonds. The molecule has 1 unspecified atom stereocenters. The molecule has 2 rings (SSSR count). The SMILES string of the molecule is CCCCC(CN(O)C=O)C(=O)Nc1nc(-c2ccc(Cl)cc2)cs1. The molecule has 134 valence electrons. The lowest BCUT2D eigenvalue weighted by Gasteiger charge is -2.18. The summed E-state index contributed by atoms with van der Waals surface area (Å²) >= 11 is 7.20. The highest BCUT2D eigenvalue weighted by atomic mass is 35.5. The molecule has 0 aliphatic heterocycles. The number of amides is 2. The minimum atomic E-state index is -0.488. The fourth-order valence-corrected chi connectivity index (χ4v) is 3.17. The number of benzene rings is 1. The summed E-state index contributed by atoms with van der Waals surface area (Å²) in [6.07, 6.45) is 2.64. The van der Waals surface area contributed by atoms with Crippen molar-refractivity contribution in [2.75, 3.05) is 11.9 Å². The van der Waals surface area contributed by atoms with Gasteiger partial charge in [-0.05, 0) is 18.6 Å². The van der Waals surface area contributed by atoms with Gasteiger partial charge < -0.3 is 5.32 Å². The lowest BCUT2D eigenvalue weighted by atomic mass is 10.0. The van der Waals surface area contributed by atoms with E-state index in [2.05, 4.69) is 10.3 Å². The maximum absolute atomic E-state index is 12.4. The van der Waals surface area contributed by atoms with Gasteiger partial charge in [0.25, 0.3) is 0 Å². The van der Waals surface area contributed by atoms with Gasteiger partial charge in [0, 0.05) is 16.0 Å². The van der Waals surface area contributed by atoms with E-state index in [-0.39, 0.29) is 12.5 Å². The van der Waals surface area contributed by atoms with Gasteiger partial charge in [-0.25, -0.2) is 10.0 Å². The molecule has 2 aromatic rings. The molecule has 0 spiro atoms. The van der Waals surface area contributed by atoms with E-state index in [1.54, 1.807) is 12.1 Å². The molecule has 0 aliphatic carbocycles. The lowest BCUT2D eigenvalue weighted by Crippen LogP contribution is -2.33. The van der Waals surface area contributed by atoms with Crippen LogP contribution in [0.4, 0.5) is 5.13 Å². The first-order chi connectivity index (χ1) is 12.0. The Morgan fingerprint density at radius 1 is 1.44 bits per heavy atom. The zero-order valence-electron chi connectivity index (χ0n) is 13.8. The first kappa shape index (κ1) is 19.4. The number of carbonyl (C=O) groups is 2. The summed E-state index contributed by atoms with van der Waals surface area (Å²) in [6.45, 7) is 1.98. The third-order valence-electron chi connectivity index (χ3n) is 3.68. The van der Waals surface area contributed by atoms with Gasteiger partial charge in [0.05, 0.1) is 18.2 Å². The van der Waals surface area contributed by atoms with Crippen LogP contribution in [0.3, 0.4) is 0 Å². The van der Waals surface area contributed by atoms with E-state index in [1.165, 1.54) is 11.3 Å². The Morgan fingerprint density at radius 2 is 2.16 bits per heavy atom. The van der Waals surface area contributed by atoms with Crippen LogP contribution in [0.25, 0.3) is 11.3 Å². The number of hydroxylamine groups is 2. The Balaban J connectivity index is 2.04. The molecule has 2 N–H and O–H groups in total. The van der Waals surface area contributed by atoms with Gasteiger partial charge in [0.1, 0.15) is 0 Å². The molecule has 0 saturated carbocycles. The number of nitrogens with one attached hydrogen (secondary N) is 1. The van der Waals surface area contributed by atoms with Gasteiger partial charge in [-0.1, -0.05) is 43.5 Å². The molecule has 1 atom stereocenters. The Morgan fingerprint density at radius 3 is 2.80 bits per heavy atom. The third kappa shape index (κ3) is 5.81. The minimum Gasteiger partial charge on any atom is -0.302 e. The number of anilines is 1. The largest absolute Gasteiger partial charge is 0.302 e. The van der Waals surface area contributed by atoms with Crippen LogP contribution in [-0.4, -0.2) is 34.1 Å². The van der Waals surface area contributed by atoms with Crippen molar-refractivity contribution < 1.29 is 14.8 Å². The molecule has 1 heterocycles. The second-order valence-electron chi connectivity index (χ2n) is 5.60. The monoisotopic (exact) mass is 381 g/mol. The van der Waals surface area contributed by atoms with Gasteiger partial charge in [-0.3, -0.25) is 14.8 Å². The Hall–Kier alpha value is -1.96. The molecular formula is C17H20ClN3O3S. The van der Waals surface area contributed by atoms with E-state index < -0.39 is 5.92 Å². The van der Waals surface area contributed by atoms with Crippen LogP contribution in [0.1, 0.15) is 26.2 Å². The van der Waals surface area contributed by atoms with Crippen molar-refractivity contribution in [1.82, 2.24) is 10.0 Å². The Labute approximate surface area is 155 Å². The first-order valence-corrected chi connectivity index (χ1v) is 9.22. The standard InChI is InChI=1S/C17H20ClN3O3S/c1-2-3-4-13(9-21(24)11-22)16(23)20-17-19-15(10-25-17)12-5-7-14(18)8-6-12/h5-8,10-11,13,24H,2-4,9H2,1H3,(H,19,20,23). The second-order valence-corrected chi connectivity index (χ2v) is 6.90. The highest BCUT2D eigenvalue weighted by Gasteiger charge is 2.21. The van der Waals surface area contributed by atoms with Crippen molar-refractivity contribution >= 4 is 40.4 Å². The molecule has 25 heavy (non-hydrogen) atoms. The van der Waals surface area contributed by atoms with E-state index in [4.69, 9.17) is 11.6 Å². The molecule has 0 bridgehead atoms. The number of carbonyl (C=O) groups excluding carboxylic acids is 2. The fraction of sp³-hybridized carbons (Fsp3) is 0.353. The van der Waals surface area contributed by atoms with E-state index in [0.29, 0.717) is 28.0 Å². The van der Waals surface area contributed by atoms with Crippen LogP contribution in [-0.2, 0) is 9.59 Å². The number of hydrogen-bond donors (Lipinski definition) is 2. The predicted molar refractivity (Wildman–Crippen MR) is 98.8 cm³/mol. The van der Waals surface area contributed by atoms with Crippen molar-refractivity contribution in [2.24, 2.45) is 5.92 Å². The molecule has 0 radical (unpaired) electrons. The number of nitrogens with zero attached hydrogens (tertiary/aromatic N) is 2. The van der Waals surface area contributed by atoms with Gasteiger partial charge >= 0.3 is 0 Å². The Bertz CT molecular complexity index is 705. The van der Waals surface area contributed by atoms with E-state index in [1.807, 2.05) is 24.4 Å². The summed E-state index contributed by atoms with van der Waals surface area (Å²) in [5, 5.41) is 15.6. The summed E-state index contributed by atoms with van der Waals surface area (Å²) in [7, 11) is 0. The smallest absolute Gasteiger partial charge is 0.233 e. The van der Waals surface area contributed by atoms with Gasteiger partial charge in [0.15, 0.2) is 5.13 Å². The minimum absolute atomic E-state index is 0.0370. The number of halogens is 1. The van der Waals surface area contributed by atoms with Crippen molar-refractivity contribution in [2.45, 2.75) is 26.2 Å². The van der Waals surface area contributed by atoms with Crippen LogP contribution in [0.2, 0.25) is 5.02 Å². The fourth-order valence-electron chi connectivity index (χ4n) is 2.32. The van der Waals surface area contributed by atoms with Crippen molar-refractivity contribution in [3.8, 4) is 11.3 Å². The average molecular weight is 382 g/mol. The molecule has 8 heteroatoms. The maximum atomic E-state index is 12.4. The van der Waals surface area contributed by atoms with Crippen LogP contribution in [0.5, 0.6) is 0 Å².